The van der Waals surface area contributed by atoms with Gasteiger partial charge in [-0.05, 0) is 43.2 Å². The standard InChI is InChI=1S/C22H21N3/c1-16-5-3-7-18(13-16)9-11-20-15-21(25-22(23)24-20)12-10-19-8-4-6-17(2)14-19/h3-15H,1-2H3,(H2,23,24,25). The minimum absolute atomic E-state index is 0.273. The lowest BCUT2D eigenvalue weighted by Crippen LogP contribution is -1.98. The molecule has 1 aromatic heterocycles. The molecule has 0 aliphatic heterocycles. The van der Waals surface area contributed by atoms with Gasteiger partial charge in [0.2, 0.25) is 5.95 Å². The zero-order valence-corrected chi connectivity index (χ0v) is 14.5. The van der Waals surface area contributed by atoms with E-state index in [1.807, 2.05) is 42.5 Å². The van der Waals surface area contributed by atoms with Crippen LogP contribution in [0.15, 0.2) is 54.6 Å². The Balaban J connectivity index is 1.83. The third kappa shape index (κ3) is 4.88. The molecule has 0 saturated heterocycles. The van der Waals surface area contributed by atoms with Crippen molar-refractivity contribution in [3.8, 4) is 0 Å². The normalized spacial score (nSPS) is 11.4. The summed E-state index contributed by atoms with van der Waals surface area (Å²) in [7, 11) is 0. The number of nitrogens with zero attached hydrogens (tertiary/aromatic N) is 2. The Morgan fingerprint density at radius 1 is 0.680 bits per heavy atom. The second kappa shape index (κ2) is 7.58. The first kappa shape index (κ1) is 16.7. The molecule has 3 aromatic rings. The largest absolute Gasteiger partial charge is 0.368 e. The number of hydrogen-bond acceptors (Lipinski definition) is 3. The maximum atomic E-state index is 5.86. The molecule has 2 aromatic carbocycles. The van der Waals surface area contributed by atoms with Crippen LogP contribution in [0, 0.1) is 13.8 Å². The van der Waals surface area contributed by atoms with Gasteiger partial charge in [0.25, 0.3) is 0 Å². The lowest BCUT2D eigenvalue weighted by atomic mass is 10.1. The van der Waals surface area contributed by atoms with Crippen molar-refractivity contribution in [2.75, 3.05) is 5.73 Å². The van der Waals surface area contributed by atoms with E-state index in [2.05, 4.69) is 60.2 Å². The van der Waals surface area contributed by atoms with Crippen molar-refractivity contribution in [3.05, 3.63) is 88.2 Å². The number of hydrogen-bond donors (Lipinski definition) is 1. The van der Waals surface area contributed by atoms with Crippen molar-refractivity contribution >= 4 is 30.3 Å². The van der Waals surface area contributed by atoms with E-state index in [0.29, 0.717) is 0 Å². The molecular formula is C22H21N3. The quantitative estimate of drug-likeness (QED) is 0.732. The summed E-state index contributed by atoms with van der Waals surface area (Å²) in [6.07, 6.45) is 7.97. The second-order valence-corrected chi connectivity index (χ2v) is 6.07. The number of aromatic nitrogens is 2. The van der Waals surface area contributed by atoms with Crippen LogP contribution in [-0.4, -0.2) is 9.97 Å². The maximum Gasteiger partial charge on any atom is 0.221 e. The van der Waals surface area contributed by atoms with Crippen LogP contribution >= 0.6 is 0 Å². The fourth-order valence-corrected chi connectivity index (χ4v) is 2.59. The number of anilines is 1. The highest BCUT2D eigenvalue weighted by atomic mass is 15.0. The Morgan fingerprint density at radius 2 is 1.16 bits per heavy atom. The molecule has 0 bridgehead atoms. The van der Waals surface area contributed by atoms with E-state index in [4.69, 9.17) is 5.73 Å². The number of nitrogens with two attached hydrogens (primary N) is 1. The molecule has 1 heterocycles. The lowest BCUT2D eigenvalue weighted by molar-refractivity contribution is 1.15. The first-order chi connectivity index (χ1) is 12.1. The Hall–Kier alpha value is -3.20. The number of rotatable bonds is 4. The van der Waals surface area contributed by atoms with E-state index in [1.54, 1.807) is 0 Å². The minimum Gasteiger partial charge on any atom is -0.368 e. The van der Waals surface area contributed by atoms with Gasteiger partial charge in [-0.2, -0.15) is 0 Å². The van der Waals surface area contributed by atoms with Crippen molar-refractivity contribution < 1.29 is 0 Å². The van der Waals surface area contributed by atoms with Crippen LogP contribution in [0.25, 0.3) is 24.3 Å². The van der Waals surface area contributed by atoms with Gasteiger partial charge in [-0.1, -0.05) is 71.8 Å². The molecule has 0 saturated carbocycles. The zero-order chi connectivity index (χ0) is 17.6. The Morgan fingerprint density at radius 3 is 1.60 bits per heavy atom. The molecule has 25 heavy (non-hydrogen) atoms. The maximum absolute atomic E-state index is 5.86. The summed E-state index contributed by atoms with van der Waals surface area (Å²) in [4.78, 5) is 8.57. The molecular weight excluding hydrogens is 306 g/mol. The van der Waals surface area contributed by atoms with Gasteiger partial charge in [0, 0.05) is 0 Å². The van der Waals surface area contributed by atoms with Crippen LogP contribution in [0.4, 0.5) is 5.95 Å². The Labute approximate surface area is 148 Å². The first-order valence-electron chi connectivity index (χ1n) is 8.22. The van der Waals surface area contributed by atoms with E-state index < -0.39 is 0 Å². The van der Waals surface area contributed by atoms with Gasteiger partial charge in [-0.3, -0.25) is 0 Å². The topological polar surface area (TPSA) is 51.8 Å². The SMILES string of the molecule is Cc1cccc(C=Cc2cc(C=Cc3cccc(C)c3)nc(N)n2)c1. The molecule has 124 valence electrons. The molecule has 0 unspecified atom stereocenters. The third-order valence-corrected chi connectivity index (χ3v) is 3.76. The number of nitrogen functional groups attached to an aromatic ring is 1. The summed E-state index contributed by atoms with van der Waals surface area (Å²) < 4.78 is 0. The molecule has 3 heteroatoms. The molecule has 0 aliphatic rings. The monoisotopic (exact) mass is 327 g/mol. The highest BCUT2D eigenvalue weighted by Gasteiger charge is 1.98. The average molecular weight is 327 g/mol. The molecule has 3 rings (SSSR count). The fraction of sp³-hybridized carbons (Fsp3) is 0.0909. The average Bonchev–Trinajstić information content (AvgIpc) is 2.58. The van der Waals surface area contributed by atoms with E-state index in [0.717, 1.165) is 22.5 Å². The second-order valence-electron chi connectivity index (χ2n) is 6.07. The van der Waals surface area contributed by atoms with Crippen LogP contribution in [0.5, 0.6) is 0 Å². The van der Waals surface area contributed by atoms with Crippen molar-refractivity contribution in [3.63, 3.8) is 0 Å². The van der Waals surface area contributed by atoms with Crippen LogP contribution in [0.2, 0.25) is 0 Å². The molecule has 0 fully saturated rings. The van der Waals surface area contributed by atoms with Crippen molar-refractivity contribution in [2.45, 2.75) is 13.8 Å². The summed E-state index contributed by atoms with van der Waals surface area (Å²) in [5.74, 6) is 0.273. The van der Waals surface area contributed by atoms with Crippen LogP contribution in [0.1, 0.15) is 33.6 Å². The Kier molecular flexibility index (Phi) is 5.05. The van der Waals surface area contributed by atoms with E-state index >= 15 is 0 Å². The van der Waals surface area contributed by atoms with Crippen LogP contribution in [-0.2, 0) is 0 Å². The predicted molar refractivity (Wildman–Crippen MR) is 107 cm³/mol. The van der Waals surface area contributed by atoms with Gasteiger partial charge >= 0.3 is 0 Å². The van der Waals surface area contributed by atoms with Crippen molar-refractivity contribution in [1.29, 1.82) is 0 Å². The highest BCUT2D eigenvalue weighted by Crippen LogP contribution is 2.13. The number of benzene rings is 2. The molecule has 0 radical (unpaired) electrons. The van der Waals surface area contributed by atoms with Crippen LogP contribution in [0.3, 0.4) is 0 Å². The van der Waals surface area contributed by atoms with Crippen molar-refractivity contribution in [2.24, 2.45) is 0 Å². The summed E-state index contributed by atoms with van der Waals surface area (Å²) >= 11 is 0. The van der Waals surface area contributed by atoms with Gasteiger partial charge in [-0.15, -0.1) is 0 Å². The summed E-state index contributed by atoms with van der Waals surface area (Å²) in [6, 6.07) is 18.5. The van der Waals surface area contributed by atoms with Crippen LogP contribution < -0.4 is 5.73 Å². The van der Waals surface area contributed by atoms with Gasteiger partial charge in [0.1, 0.15) is 0 Å². The van der Waals surface area contributed by atoms with E-state index in [9.17, 15) is 0 Å². The molecule has 2 N–H and O–H groups in total. The van der Waals surface area contributed by atoms with Gasteiger partial charge in [0.05, 0.1) is 11.4 Å². The van der Waals surface area contributed by atoms with Crippen molar-refractivity contribution in [1.82, 2.24) is 9.97 Å². The molecule has 3 nitrogen and oxygen atoms in total. The third-order valence-electron chi connectivity index (χ3n) is 3.76. The van der Waals surface area contributed by atoms with E-state index in [1.165, 1.54) is 11.1 Å². The minimum atomic E-state index is 0.273. The van der Waals surface area contributed by atoms with Gasteiger partial charge in [0.15, 0.2) is 0 Å². The van der Waals surface area contributed by atoms with E-state index in [-0.39, 0.29) is 5.95 Å². The first-order valence-corrected chi connectivity index (χ1v) is 8.22. The molecule has 0 amide bonds. The lowest BCUT2D eigenvalue weighted by Gasteiger charge is -2.00. The summed E-state index contributed by atoms with van der Waals surface area (Å²) in [5, 5.41) is 0. The Bertz CT molecular complexity index is 866. The molecule has 0 spiro atoms. The molecule has 0 aliphatic carbocycles. The fourth-order valence-electron chi connectivity index (χ4n) is 2.59. The summed E-state index contributed by atoms with van der Waals surface area (Å²) in [5.41, 5.74) is 12.2. The summed E-state index contributed by atoms with van der Waals surface area (Å²) in [6.45, 7) is 4.16. The van der Waals surface area contributed by atoms with Gasteiger partial charge < -0.3 is 5.73 Å². The highest BCUT2D eigenvalue weighted by molar-refractivity contribution is 5.72. The smallest absolute Gasteiger partial charge is 0.221 e. The zero-order valence-electron chi connectivity index (χ0n) is 14.5. The molecule has 0 atom stereocenters. The van der Waals surface area contributed by atoms with Gasteiger partial charge in [-0.25, -0.2) is 9.97 Å². The number of aryl methyl sites for hydroxylation is 2. The predicted octanol–water partition coefficient (Wildman–Crippen LogP) is 5.02.